The van der Waals surface area contributed by atoms with Crippen molar-refractivity contribution in [3.63, 3.8) is 0 Å². The Labute approximate surface area is 162 Å². The monoisotopic (exact) mass is 363 g/mol. The number of benzene rings is 4. The first-order valence-electron chi connectivity index (χ1n) is 9.15. The number of aldehydes is 1. The molecule has 0 aliphatic heterocycles. The molecule has 0 aliphatic rings. The van der Waals surface area contributed by atoms with Gasteiger partial charge in [0.25, 0.3) is 0 Å². The van der Waals surface area contributed by atoms with Gasteiger partial charge in [0.1, 0.15) is 17.5 Å². The number of hydrogen-bond acceptors (Lipinski definition) is 3. The third-order valence-corrected chi connectivity index (χ3v) is 4.90. The van der Waals surface area contributed by atoms with Crippen molar-refractivity contribution in [2.24, 2.45) is 0 Å². The molecule has 3 heteroatoms. The minimum atomic E-state index is 0.642. The van der Waals surface area contributed by atoms with Crippen LogP contribution in [0.15, 0.2) is 101 Å². The van der Waals surface area contributed by atoms with Crippen LogP contribution in [0.4, 0.5) is 17.1 Å². The molecule has 1 heterocycles. The Bertz CT molecular complexity index is 1230. The van der Waals surface area contributed by atoms with Crippen LogP contribution in [0.2, 0.25) is 0 Å². The molecule has 4 aromatic carbocycles. The van der Waals surface area contributed by atoms with Gasteiger partial charge in [-0.3, -0.25) is 4.79 Å². The van der Waals surface area contributed by atoms with E-state index in [0.29, 0.717) is 5.56 Å². The van der Waals surface area contributed by atoms with Crippen molar-refractivity contribution < 1.29 is 9.21 Å². The molecule has 5 aromatic rings. The molecule has 134 valence electrons. The molecule has 0 bridgehead atoms. The van der Waals surface area contributed by atoms with Crippen molar-refractivity contribution in [3.05, 3.63) is 103 Å². The molecular weight excluding hydrogens is 346 g/mol. The third kappa shape index (κ3) is 2.74. The second-order valence-electron chi connectivity index (χ2n) is 6.66. The highest BCUT2D eigenvalue weighted by Crippen LogP contribution is 2.38. The second kappa shape index (κ2) is 6.71. The lowest BCUT2D eigenvalue weighted by Gasteiger charge is -2.25. The Morgan fingerprint density at radius 1 is 0.607 bits per heavy atom. The molecule has 0 saturated carbocycles. The number of hydrogen-bond donors (Lipinski definition) is 0. The van der Waals surface area contributed by atoms with E-state index in [-0.39, 0.29) is 0 Å². The van der Waals surface area contributed by atoms with Crippen LogP contribution >= 0.6 is 0 Å². The van der Waals surface area contributed by atoms with E-state index in [2.05, 4.69) is 41.3 Å². The van der Waals surface area contributed by atoms with Gasteiger partial charge in [0.2, 0.25) is 0 Å². The first-order valence-corrected chi connectivity index (χ1v) is 9.15. The normalized spacial score (nSPS) is 11.0. The molecule has 3 nitrogen and oxygen atoms in total. The molecule has 0 unspecified atom stereocenters. The van der Waals surface area contributed by atoms with Crippen molar-refractivity contribution in [2.75, 3.05) is 4.90 Å². The summed E-state index contributed by atoms with van der Waals surface area (Å²) < 4.78 is 5.96. The van der Waals surface area contributed by atoms with Gasteiger partial charge in [-0.2, -0.15) is 0 Å². The van der Waals surface area contributed by atoms with E-state index in [1.165, 1.54) is 0 Å². The van der Waals surface area contributed by atoms with Gasteiger partial charge in [-0.1, -0.05) is 36.4 Å². The summed E-state index contributed by atoms with van der Waals surface area (Å²) in [6, 6.07) is 32.2. The molecule has 0 fully saturated rings. The number of carbonyl (C=O) groups is 1. The molecule has 0 amide bonds. The number of fused-ring (bicyclic) bond motifs is 3. The van der Waals surface area contributed by atoms with Crippen molar-refractivity contribution in [3.8, 4) is 0 Å². The maximum Gasteiger partial charge on any atom is 0.150 e. The molecule has 0 spiro atoms. The van der Waals surface area contributed by atoms with Gasteiger partial charge in [-0.05, 0) is 60.7 Å². The van der Waals surface area contributed by atoms with E-state index in [0.717, 1.165) is 45.3 Å². The minimum Gasteiger partial charge on any atom is -0.456 e. The first-order chi connectivity index (χ1) is 13.8. The van der Waals surface area contributed by atoms with Crippen LogP contribution in [0.1, 0.15) is 10.4 Å². The second-order valence-corrected chi connectivity index (χ2v) is 6.66. The van der Waals surface area contributed by atoms with Crippen LogP contribution in [-0.4, -0.2) is 6.29 Å². The van der Waals surface area contributed by atoms with Crippen molar-refractivity contribution in [1.29, 1.82) is 0 Å². The highest BCUT2D eigenvalue weighted by molar-refractivity contribution is 6.07. The summed E-state index contributed by atoms with van der Waals surface area (Å²) in [4.78, 5) is 13.4. The number of anilines is 3. The first kappa shape index (κ1) is 16.3. The number of furan rings is 1. The summed E-state index contributed by atoms with van der Waals surface area (Å²) in [6.07, 6.45) is 0.863. The van der Waals surface area contributed by atoms with Crippen LogP contribution in [0.5, 0.6) is 0 Å². The summed E-state index contributed by atoms with van der Waals surface area (Å²) in [5.74, 6) is 0. The topological polar surface area (TPSA) is 33.5 Å². The van der Waals surface area contributed by atoms with E-state index < -0.39 is 0 Å². The standard InChI is InChI=1S/C25H17NO2/c27-17-18-11-13-24-22(15-18)23-16-21(12-14-25(23)28-24)26(19-7-3-1-4-8-19)20-9-5-2-6-10-20/h1-17H. The highest BCUT2D eigenvalue weighted by atomic mass is 16.3. The summed E-state index contributed by atoms with van der Waals surface area (Å²) in [6.45, 7) is 0. The fourth-order valence-corrected chi connectivity index (χ4v) is 3.60. The summed E-state index contributed by atoms with van der Waals surface area (Å²) in [5.41, 5.74) is 5.42. The quantitative estimate of drug-likeness (QED) is 0.327. The number of para-hydroxylation sites is 2. The lowest BCUT2D eigenvalue weighted by molar-refractivity contribution is 0.112. The van der Waals surface area contributed by atoms with Crippen LogP contribution in [0.3, 0.4) is 0 Å². The maximum absolute atomic E-state index is 11.2. The molecule has 5 rings (SSSR count). The van der Waals surface area contributed by atoms with Gasteiger partial charge in [0.15, 0.2) is 0 Å². The predicted molar refractivity (Wildman–Crippen MR) is 114 cm³/mol. The zero-order valence-corrected chi connectivity index (χ0v) is 15.1. The Morgan fingerprint density at radius 3 is 1.79 bits per heavy atom. The Hall–Kier alpha value is -3.85. The SMILES string of the molecule is O=Cc1ccc2oc3ccc(N(c4ccccc4)c4ccccc4)cc3c2c1. The molecule has 28 heavy (non-hydrogen) atoms. The summed E-state index contributed by atoms with van der Waals surface area (Å²) in [7, 11) is 0. The van der Waals surface area contributed by atoms with Gasteiger partial charge in [-0.25, -0.2) is 0 Å². The summed E-state index contributed by atoms with van der Waals surface area (Å²) >= 11 is 0. The number of rotatable bonds is 4. The number of carbonyl (C=O) groups excluding carboxylic acids is 1. The maximum atomic E-state index is 11.2. The van der Waals surface area contributed by atoms with Crippen LogP contribution in [-0.2, 0) is 0 Å². The van der Waals surface area contributed by atoms with E-state index in [1.807, 2.05) is 54.6 Å². The minimum absolute atomic E-state index is 0.642. The average molecular weight is 363 g/mol. The smallest absolute Gasteiger partial charge is 0.150 e. The Balaban J connectivity index is 1.74. The Kier molecular flexibility index (Phi) is 3.91. The molecule has 1 aromatic heterocycles. The average Bonchev–Trinajstić information content (AvgIpc) is 3.13. The zero-order valence-electron chi connectivity index (χ0n) is 15.1. The zero-order chi connectivity index (χ0) is 18.9. The third-order valence-electron chi connectivity index (χ3n) is 4.90. The molecule has 0 aliphatic carbocycles. The van der Waals surface area contributed by atoms with Crippen LogP contribution in [0.25, 0.3) is 21.9 Å². The fraction of sp³-hybridized carbons (Fsp3) is 0. The lowest BCUT2D eigenvalue weighted by atomic mass is 10.1. The van der Waals surface area contributed by atoms with Gasteiger partial charge in [0, 0.05) is 33.4 Å². The number of nitrogens with zero attached hydrogens (tertiary/aromatic N) is 1. The van der Waals surface area contributed by atoms with Gasteiger partial charge in [-0.15, -0.1) is 0 Å². The summed E-state index contributed by atoms with van der Waals surface area (Å²) in [5, 5.41) is 1.94. The van der Waals surface area contributed by atoms with Crippen molar-refractivity contribution in [2.45, 2.75) is 0 Å². The van der Waals surface area contributed by atoms with Gasteiger partial charge < -0.3 is 9.32 Å². The molecule has 0 atom stereocenters. The molecule has 0 N–H and O–H groups in total. The van der Waals surface area contributed by atoms with E-state index in [1.54, 1.807) is 6.07 Å². The Morgan fingerprint density at radius 2 is 1.18 bits per heavy atom. The predicted octanol–water partition coefficient (Wildman–Crippen LogP) is 6.87. The lowest BCUT2D eigenvalue weighted by Crippen LogP contribution is -2.09. The highest BCUT2D eigenvalue weighted by Gasteiger charge is 2.15. The fourth-order valence-electron chi connectivity index (χ4n) is 3.60. The molecule has 0 saturated heterocycles. The molecule has 0 radical (unpaired) electrons. The van der Waals surface area contributed by atoms with Crippen molar-refractivity contribution in [1.82, 2.24) is 0 Å². The van der Waals surface area contributed by atoms with E-state index in [9.17, 15) is 4.79 Å². The van der Waals surface area contributed by atoms with Crippen LogP contribution in [0, 0.1) is 0 Å². The van der Waals surface area contributed by atoms with Crippen molar-refractivity contribution >= 4 is 45.3 Å². The van der Waals surface area contributed by atoms with E-state index in [4.69, 9.17) is 4.42 Å². The largest absolute Gasteiger partial charge is 0.456 e. The van der Waals surface area contributed by atoms with Crippen LogP contribution < -0.4 is 4.90 Å². The van der Waals surface area contributed by atoms with E-state index >= 15 is 0 Å². The molecular formula is C25H17NO2. The van der Waals surface area contributed by atoms with Gasteiger partial charge >= 0.3 is 0 Å². The van der Waals surface area contributed by atoms with Gasteiger partial charge in [0.05, 0.1) is 0 Å².